The molecule has 39 heavy (non-hydrogen) atoms. The summed E-state index contributed by atoms with van der Waals surface area (Å²) in [5, 5.41) is 15.6. The second kappa shape index (κ2) is 12.3. The average molecular weight is 545 g/mol. The van der Waals surface area contributed by atoms with Crippen molar-refractivity contribution in [1.29, 1.82) is 0 Å². The molecular formula is C30H25ClN2O6. The molecule has 0 aliphatic carbocycles. The molecule has 0 aliphatic rings. The van der Waals surface area contributed by atoms with Crippen LogP contribution in [-0.2, 0) is 10.4 Å². The predicted octanol–water partition coefficient (Wildman–Crippen LogP) is 4.96. The van der Waals surface area contributed by atoms with E-state index in [1.165, 1.54) is 26.5 Å². The number of ether oxygens (including phenoxy) is 3. The van der Waals surface area contributed by atoms with E-state index < -0.39 is 17.5 Å². The van der Waals surface area contributed by atoms with Crippen molar-refractivity contribution in [2.75, 3.05) is 14.2 Å². The maximum Gasteiger partial charge on any atom is 0.343 e. The minimum Gasteiger partial charge on any atom is -0.497 e. The molecule has 4 aromatic carbocycles. The molecule has 4 aromatic rings. The third-order valence-electron chi connectivity index (χ3n) is 5.86. The highest BCUT2D eigenvalue weighted by Crippen LogP contribution is 2.37. The first-order valence-corrected chi connectivity index (χ1v) is 12.1. The third kappa shape index (κ3) is 6.09. The summed E-state index contributed by atoms with van der Waals surface area (Å²) < 4.78 is 16.0. The Kier molecular flexibility index (Phi) is 8.60. The summed E-state index contributed by atoms with van der Waals surface area (Å²) in [6, 6.07) is 26.6. The normalized spacial score (nSPS) is 11.2. The van der Waals surface area contributed by atoms with Crippen LogP contribution in [0.1, 0.15) is 27.0 Å². The SMILES string of the molecule is COc1ccc(C(=O)Oc2c(Cl)cc(/C=N\NC(=O)C(O)(c3ccccc3)c3ccccc3)cc2OC)cc1. The lowest BCUT2D eigenvalue weighted by Gasteiger charge is -2.27. The van der Waals surface area contributed by atoms with Gasteiger partial charge in [0, 0.05) is 0 Å². The van der Waals surface area contributed by atoms with E-state index in [-0.39, 0.29) is 16.5 Å². The van der Waals surface area contributed by atoms with E-state index in [1.807, 2.05) is 0 Å². The molecule has 198 valence electrons. The molecule has 0 atom stereocenters. The maximum absolute atomic E-state index is 13.2. The second-order valence-electron chi connectivity index (χ2n) is 8.29. The van der Waals surface area contributed by atoms with Crippen LogP contribution in [0.15, 0.2) is 102 Å². The monoisotopic (exact) mass is 544 g/mol. The number of rotatable bonds is 9. The van der Waals surface area contributed by atoms with Crippen molar-refractivity contribution in [2.24, 2.45) is 5.10 Å². The minimum atomic E-state index is -1.98. The quantitative estimate of drug-likeness (QED) is 0.133. The summed E-state index contributed by atoms with van der Waals surface area (Å²) in [7, 11) is 2.93. The highest BCUT2D eigenvalue weighted by molar-refractivity contribution is 6.32. The molecule has 0 aromatic heterocycles. The molecule has 8 nitrogen and oxygen atoms in total. The Morgan fingerprint density at radius 2 is 1.46 bits per heavy atom. The van der Waals surface area contributed by atoms with Crippen molar-refractivity contribution < 1.29 is 28.9 Å². The van der Waals surface area contributed by atoms with Crippen LogP contribution in [0.3, 0.4) is 0 Å². The van der Waals surface area contributed by atoms with E-state index in [0.717, 1.165) is 0 Å². The molecule has 0 saturated heterocycles. The Balaban J connectivity index is 1.53. The number of hydrazone groups is 1. The van der Waals surface area contributed by atoms with Crippen LogP contribution in [0, 0.1) is 0 Å². The Morgan fingerprint density at radius 3 is 2.00 bits per heavy atom. The second-order valence-corrected chi connectivity index (χ2v) is 8.70. The van der Waals surface area contributed by atoms with Crippen molar-refractivity contribution in [1.82, 2.24) is 5.43 Å². The molecule has 9 heteroatoms. The van der Waals surface area contributed by atoms with Crippen LogP contribution < -0.4 is 19.6 Å². The molecule has 0 aliphatic heterocycles. The van der Waals surface area contributed by atoms with Gasteiger partial charge in [-0.25, -0.2) is 10.2 Å². The van der Waals surface area contributed by atoms with Gasteiger partial charge < -0.3 is 19.3 Å². The lowest BCUT2D eigenvalue weighted by molar-refractivity contribution is -0.136. The summed E-state index contributed by atoms with van der Waals surface area (Å²) in [4.78, 5) is 25.8. The van der Waals surface area contributed by atoms with E-state index in [0.29, 0.717) is 28.0 Å². The minimum absolute atomic E-state index is 0.0312. The summed E-state index contributed by atoms with van der Waals surface area (Å²) in [6.07, 6.45) is 1.33. The number of methoxy groups -OCH3 is 2. The number of nitrogens with zero attached hydrogens (tertiary/aromatic N) is 1. The number of carbonyl (C=O) groups excluding carboxylic acids is 2. The first-order valence-electron chi connectivity index (χ1n) is 11.8. The van der Waals surface area contributed by atoms with Gasteiger partial charge in [-0.3, -0.25) is 4.79 Å². The number of esters is 1. The van der Waals surface area contributed by atoms with Crippen molar-refractivity contribution in [3.8, 4) is 17.2 Å². The summed E-state index contributed by atoms with van der Waals surface area (Å²) in [6.45, 7) is 0. The fourth-order valence-corrected chi connectivity index (χ4v) is 4.08. The first-order chi connectivity index (χ1) is 18.9. The lowest BCUT2D eigenvalue weighted by Crippen LogP contribution is -2.43. The standard InChI is InChI=1S/C30H25ClN2O6/c1-37-24-15-13-21(14-16-24)28(34)39-27-25(31)17-20(18-26(27)38-2)19-32-33-29(35)30(36,22-9-5-3-6-10-22)23-11-7-4-8-12-23/h3-19,36H,1-2H3,(H,33,35)/b32-19-. The zero-order valence-electron chi connectivity index (χ0n) is 21.1. The van der Waals surface area contributed by atoms with Gasteiger partial charge in [0.1, 0.15) is 5.75 Å². The highest BCUT2D eigenvalue weighted by Gasteiger charge is 2.39. The Hall–Kier alpha value is -4.66. The van der Waals surface area contributed by atoms with E-state index in [4.69, 9.17) is 25.8 Å². The molecule has 1 amide bonds. The van der Waals surface area contributed by atoms with Crippen LogP contribution in [0.4, 0.5) is 0 Å². The van der Waals surface area contributed by atoms with Gasteiger partial charge in [-0.1, -0.05) is 72.3 Å². The van der Waals surface area contributed by atoms with Crippen molar-refractivity contribution >= 4 is 29.7 Å². The van der Waals surface area contributed by atoms with Crippen molar-refractivity contribution in [3.05, 3.63) is 124 Å². The summed E-state index contributed by atoms with van der Waals surface area (Å²) in [5.74, 6) is -0.568. The molecule has 0 bridgehead atoms. The molecule has 0 fully saturated rings. The third-order valence-corrected chi connectivity index (χ3v) is 6.14. The van der Waals surface area contributed by atoms with Gasteiger partial charge in [0.25, 0.3) is 5.91 Å². The van der Waals surface area contributed by atoms with Gasteiger partial charge in [0.2, 0.25) is 0 Å². The number of hydrogen-bond acceptors (Lipinski definition) is 7. The topological polar surface area (TPSA) is 106 Å². The van der Waals surface area contributed by atoms with Crippen LogP contribution in [0.2, 0.25) is 5.02 Å². The van der Waals surface area contributed by atoms with E-state index >= 15 is 0 Å². The number of hydrogen-bond donors (Lipinski definition) is 2. The maximum atomic E-state index is 13.2. The number of carbonyl (C=O) groups is 2. The summed E-state index contributed by atoms with van der Waals surface area (Å²) in [5.41, 5.74) is 1.94. The molecule has 2 N–H and O–H groups in total. The highest BCUT2D eigenvalue weighted by atomic mass is 35.5. The summed E-state index contributed by atoms with van der Waals surface area (Å²) >= 11 is 6.40. The van der Waals surface area contributed by atoms with E-state index in [9.17, 15) is 14.7 Å². The number of halogens is 1. The molecule has 0 spiro atoms. The largest absolute Gasteiger partial charge is 0.497 e. The molecule has 0 saturated carbocycles. The Morgan fingerprint density at radius 1 is 0.872 bits per heavy atom. The fraction of sp³-hybridized carbons (Fsp3) is 0.100. The van der Waals surface area contributed by atoms with Gasteiger partial charge in [-0.05, 0) is 53.1 Å². The van der Waals surface area contributed by atoms with Crippen LogP contribution >= 0.6 is 11.6 Å². The molecule has 0 heterocycles. The Bertz CT molecular complexity index is 1440. The number of nitrogens with one attached hydrogen (secondary N) is 1. The predicted molar refractivity (Wildman–Crippen MR) is 148 cm³/mol. The van der Waals surface area contributed by atoms with Gasteiger partial charge >= 0.3 is 5.97 Å². The van der Waals surface area contributed by atoms with Crippen LogP contribution in [-0.4, -0.2) is 37.4 Å². The zero-order chi connectivity index (χ0) is 27.8. The molecule has 4 rings (SSSR count). The van der Waals surface area contributed by atoms with Gasteiger partial charge in [0.05, 0.1) is 31.0 Å². The number of benzene rings is 4. The van der Waals surface area contributed by atoms with E-state index in [2.05, 4.69) is 10.5 Å². The first kappa shape index (κ1) is 27.4. The smallest absolute Gasteiger partial charge is 0.343 e. The van der Waals surface area contributed by atoms with Gasteiger partial charge in [-0.2, -0.15) is 5.10 Å². The average Bonchev–Trinajstić information content (AvgIpc) is 2.98. The zero-order valence-corrected chi connectivity index (χ0v) is 21.9. The van der Waals surface area contributed by atoms with Gasteiger partial charge in [0.15, 0.2) is 17.1 Å². The number of aliphatic hydroxyl groups is 1. The molecule has 0 radical (unpaired) electrons. The molecule has 0 unspecified atom stereocenters. The fourth-order valence-electron chi connectivity index (χ4n) is 3.83. The Labute approximate surface area is 230 Å². The van der Waals surface area contributed by atoms with Gasteiger partial charge in [-0.15, -0.1) is 0 Å². The van der Waals surface area contributed by atoms with Crippen molar-refractivity contribution in [2.45, 2.75) is 5.60 Å². The lowest BCUT2D eigenvalue weighted by atomic mass is 9.85. The van der Waals surface area contributed by atoms with Crippen molar-refractivity contribution in [3.63, 3.8) is 0 Å². The van der Waals surface area contributed by atoms with E-state index in [1.54, 1.807) is 91.0 Å². The molecular weight excluding hydrogens is 520 g/mol. The van der Waals surface area contributed by atoms with Crippen LogP contribution in [0.25, 0.3) is 0 Å². The number of amides is 1. The van der Waals surface area contributed by atoms with Crippen LogP contribution in [0.5, 0.6) is 17.2 Å².